The van der Waals surface area contributed by atoms with E-state index in [1.807, 2.05) is 25.1 Å². The summed E-state index contributed by atoms with van der Waals surface area (Å²) in [5.74, 6) is 0.875. The molecule has 0 aromatic heterocycles. The molecule has 1 aliphatic carbocycles. The fourth-order valence-corrected chi connectivity index (χ4v) is 2.82. The van der Waals surface area contributed by atoms with Gasteiger partial charge in [0, 0.05) is 11.6 Å². The van der Waals surface area contributed by atoms with Gasteiger partial charge in [-0.25, -0.2) is 4.79 Å². The topological polar surface area (TPSA) is 49.8 Å². The van der Waals surface area contributed by atoms with Crippen LogP contribution in [-0.4, -0.2) is 23.3 Å². The molecule has 4 heteroatoms. The lowest BCUT2D eigenvalue weighted by Gasteiger charge is -2.35. The summed E-state index contributed by atoms with van der Waals surface area (Å²) in [6, 6.07) is 5.77. The van der Waals surface area contributed by atoms with Crippen molar-refractivity contribution in [2.75, 3.05) is 4.90 Å². The molecule has 0 bridgehead atoms. The molecule has 4 nitrogen and oxygen atoms in total. The van der Waals surface area contributed by atoms with E-state index in [2.05, 4.69) is 0 Å². The summed E-state index contributed by atoms with van der Waals surface area (Å²) in [7, 11) is 0. The normalized spacial score (nSPS) is 22.6. The second-order valence-electron chi connectivity index (χ2n) is 5.46. The molecule has 1 unspecified atom stereocenters. The van der Waals surface area contributed by atoms with Gasteiger partial charge in [-0.15, -0.1) is 0 Å². The van der Waals surface area contributed by atoms with Crippen LogP contribution in [0.1, 0.15) is 38.2 Å². The van der Waals surface area contributed by atoms with Crippen molar-refractivity contribution in [2.45, 2.75) is 51.2 Å². The van der Waals surface area contributed by atoms with E-state index in [9.17, 15) is 9.90 Å². The standard InChI is InChI=1S/C15H19NO3/c1-10-8-9-12-13(16(10)15(17)18)6-3-7-14(12)19-11-4-2-5-11/h3,6-7,10-11H,2,4-5,8-9H2,1H3,(H,17,18). The van der Waals surface area contributed by atoms with Crippen LogP contribution < -0.4 is 9.64 Å². The summed E-state index contributed by atoms with van der Waals surface area (Å²) in [6.45, 7) is 1.95. The fraction of sp³-hybridized carbons (Fsp3) is 0.533. The quantitative estimate of drug-likeness (QED) is 0.887. The van der Waals surface area contributed by atoms with Gasteiger partial charge < -0.3 is 9.84 Å². The molecule has 1 heterocycles. The second-order valence-corrected chi connectivity index (χ2v) is 5.46. The van der Waals surface area contributed by atoms with E-state index >= 15 is 0 Å². The summed E-state index contributed by atoms with van der Waals surface area (Å²) < 4.78 is 5.99. The molecule has 102 valence electrons. The minimum absolute atomic E-state index is 0.0314. The van der Waals surface area contributed by atoms with Crippen LogP contribution in [0, 0.1) is 0 Å². The predicted octanol–water partition coefficient (Wildman–Crippen LogP) is 3.44. The second kappa shape index (κ2) is 4.76. The number of carbonyl (C=O) groups is 1. The van der Waals surface area contributed by atoms with Crippen molar-refractivity contribution in [3.05, 3.63) is 23.8 Å². The summed E-state index contributed by atoms with van der Waals surface area (Å²) >= 11 is 0. The first-order chi connectivity index (χ1) is 9.16. The van der Waals surface area contributed by atoms with Gasteiger partial charge >= 0.3 is 6.09 Å². The average molecular weight is 261 g/mol. The number of amides is 1. The summed E-state index contributed by atoms with van der Waals surface area (Å²) in [5.41, 5.74) is 1.85. The molecule has 1 fully saturated rings. The highest BCUT2D eigenvalue weighted by Crippen LogP contribution is 2.38. The maximum Gasteiger partial charge on any atom is 0.412 e. The lowest BCUT2D eigenvalue weighted by Crippen LogP contribution is -2.41. The van der Waals surface area contributed by atoms with Crippen LogP contribution in [0.3, 0.4) is 0 Å². The Labute approximate surface area is 113 Å². The van der Waals surface area contributed by atoms with Crippen LogP contribution in [0.4, 0.5) is 10.5 Å². The van der Waals surface area contributed by atoms with E-state index in [4.69, 9.17) is 4.74 Å². The molecular weight excluding hydrogens is 242 g/mol. The number of hydrogen-bond donors (Lipinski definition) is 1. The Balaban J connectivity index is 1.94. The first-order valence-corrected chi connectivity index (χ1v) is 6.97. The summed E-state index contributed by atoms with van der Waals surface area (Å²) in [4.78, 5) is 12.9. The van der Waals surface area contributed by atoms with Crippen LogP contribution in [0.2, 0.25) is 0 Å². The van der Waals surface area contributed by atoms with Crippen LogP contribution in [0.25, 0.3) is 0 Å². The van der Waals surface area contributed by atoms with Crippen molar-refractivity contribution in [2.24, 2.45) is 0 Å². The Morgan fingerprint density at radius 2 is 2.16 bits per heavy atom. The molecular formula is C15H19NO3. The van der Waals surface area contributed by atoms with E-state index in [0.29, 0.717) is 6.10 Å². The maximum atomic E-state index is 11.4. The predicted molar refractivity (Wildman–Crippen MR) is 73.0 cm³/mol. The lowest BCUT2D eigenvalue weighted by atomic mass is 9.94. The number of anilines is 1. The van der Waals surface area contributed by atoms with E-state index in [1.165, 1.54) is 11.3 Å². The van der Waals surface area contributed by atoms with Crippen LogP contribution in [0.5, 0.6) is 5.75 Å². The Morgan fingerprint density at radius 3 is 2.79 bits per heavy atom. The number of carboxylic acid groups (broad SMARTS) is 1. The summed E-state index contributed by atoms with van der Waals surface area (Å²) in [5, 5.41) is 9.37. The number of hydrogen-bond acceptors (Lipinski definition) is 2. The monoisotopic (exact) mass is 261 g/mol. The number of rotatable bonds is 2. The molecule has 1 saturated carbocycles. The molecule has 1 N–H and O–H groups in total. The van der Waals surface area contributed by atoms with E-state index in [-0.39, 0.29) is 6.04 Å². The van der Waals surface area contributed by atoms with Crippen molar-refractivity contribution >= 4 is 11.8 Å². The van der Waals surface area contributed by atoms with Crippen LogP contribution in [-0.2, 0) is 6.42 Å². The highest BCUT2D eigenvalue weighted by atomic mass is 16.5. The molecule has 19 heavy (non-hydrogen) atoms. The molecule has 0 spiro atoms. The molecule has 0 saturated heterocycles. The zero-order valence-corrected chi connectivity index (χ0v) is 11.1. The summed E-state index contributed by atoms with van der Waals surface area (Å²) in [6.07, 6.45) is 4.65. The van der Waals surface area contributed by atoms with Gasteiger partial charge in [-0.1, -0.05) is 6.07 Å². The molecule has 3 rings (SSSR count). The van der Waals surface area contributed by atoms with Crippen molar-refractivity contribution in [3.8, 4) is 5.75 Å². The maximum absolute atomic E-state index is 11.4. The minimum Gasteiger partial charge on any atom is -0.490 e. The van der Waals surface area contributed by atoms with Crippen molar-refractivity contribution in [1.82, 2.24) is 0 Å². The highest BCUT2D eigenvalue weighted by molar-refractivity contribution is 5.89. The average Bonchev–Trinajstić information content (AvgIpc) is 2.32. The van der Waals surface area contributed by atoms with Gasteiger partial charge in [-0.05, 0) is 51.2 Å². The van der Waals surface area contributed by atoms with Gasteiger partial charge in [0.1, 0.15) is 5.75 Å². The van der Waals surface area contributed by atoms with Crippen LogP contribution >= 0.6 is 0 Å². The molecule has 0 radical (unpaired) electrons. The van der Waals surface area contributed by atoms with E-state index in [0.717, 1.165) is 42.7 Å². The first-order valence-electron chi connectivity index (χ1n) is 6.97. The molecule has 1 atom stereocenters. The molecule has 1 aromatic carbocycles. The fourth-order valence-electron chi connectivity index (χ4n) is 2.82. The number of nitrogens with zero attached hydrogens (tertiary/aromatic N) is 1. The number of ether oxygens (including phenoxy) is 1. The molecule has 1 amide bonds. The molecule has 1 aliphatic heterocycles. The van der Waals surface area contributed by atoms with Crippen molar-refractivity contribution in [3.63, 3.8) is 0 Å². The van der Waals surface area contributed by atoms with Crippen LogP contribution in [0.15, 0.2) is 18.2 Å². The Morgan fingerprint density at radius 1 is 1.37 bits per heavy atom. The Bertz CT molecular complexity index is 496. The smallest absolute Gasteiger partial charge is 0.412 e. The Kier molecular flexibility index (Phi) is 3.09. The zero-order valence-electron chi connectivity index (χ0n) is 11.1. The highest BCUT2D eigenvalue weighted by Gasteiger charge is 2.30. The molecule has 1 aromatic rings. The third-order valence-corrected chi connectivity index (χ3v) is 4.17. The van der Waals surface area contributed by atoms with Gasteiger partial charge in [-0.2, -0.15) is 0 Å². The zero-order chi connectivity index (χ0) is 13.4. The lowest BCUT2D eigenvalue weighted by molar-refractivity contribution is 0.119. The van der Waals surface area contributed by atoms with Gasteiger partial charge in [0.05, 0.1) is 11.8 Å². The van der Waals surface area contributed by atoms with E-state index in [1.54, 1.807) is 0 Å². The number of fused-ring (bicyclic) bond motifs is 1. The SMILES string of the molecule is CC1CCc2c(OC3CCC3)cccc2N1C(=O)O. The van der Waals surface area contributed by atoms with Crippen molar-refractivity contribution in [1.29, 1.82) is 0 Å². The van der Waals surface area contributed by atoms with E-state index < -0.39 is 6.09 Å². The number of benzene rings is 1. The van der Waals surface area contributed by atoms with Gasteiger partial charge in [0.25, 0.3) is 0 Å². The van der Waals surface area contributed by atoms with Gasteiger partial charge in [0.15, 0.2) is 0 Å². The largest absolute Gasteiger partial charge is 0.490 e. The van der Waals surface area contributed by atoms with Crippen molar-refractivity contribution < 1.29 is 14.6 Å². The van der Waals surface area contributed by atoms with Gasteiger partial charge in [-0.3, -0.25) is 4.90 Å². The van der Waals surface area contributed by atoms with Gasteiger partial charge in [0.2, 0.25) is 0 Å². The third kappa shape index (κ3) is 2.15. The first kappa shape index (κ1) is 12.3. The minimum atomic E-state index is -0.880. The third-order valence-electron chi connectivity index (χ3n) is 4.17. The molecule has 2 aliphatic rings. The Hall–Kier alpha value is -1.71.